The molecule has 0 radical (unpaired) electrons. The molecule has 0 aliphatic rings. The van der Waals surface area contributed by atoms with Gasteiger partial charge in [0.1, 0.15) is 17.3 Å². The predicted octanol–water partition coefficient (Wildman–Crippen LogP) is 3.02. The Balaban J connectivity index is 3.11. The molecule has 1 N–H and O–H groups in total. The molecule has 1 unspecified atom stereocenters. The Morgan fingerprint density at radius 1 is 1.32 bits per heavy atom. The fourth-order valence-corrected chi connectivity index (χ4v) is 2.44. The topological polar surface area (TPSA) is 72.8 Å². The number of benzene rings is 1. The molecule has 0 aliphatic heterocycles. The number of aryl methyl sites for hydroxylation is 2. The highest BCUT2D eigenvalue weighted by atomic mass is 32.2. The van der Waals surface area contributed by atoms with Gasteiger partial charge in [-0.05, 0) is 37.1 Å². The lowest BCUT2D eigenvalue weighted by molar-refractivity contribution is -0.188. The molecule has 1 atom stereocenters. The van der Waals surface area contributed by atoms with Gasteiger partial charge in [-0.1, -0.05) is 6.58 Å². The van der Waals surface area contributed by atoms with E-state index in [1.165, 1.54) is 18.4 Å². The molecule has 0 spiro atoms. The molecule has 5 nitrogen and oxygen atoms in total. The number of ether oxygens (including phenoxy) is 2. The third-order valence-electron chi connectivity index (χ3n) is 2.64. The average Bonchev–Trinajstić information content (AvgIpc) is 2.30. The van der Waals surface area contributed by atoms with Crippen molar-refractivity contribution in [1.82, 2.24) is 0 Å². The van der Waals surface area contributed by atoms with Crippen LogP contribution in [0.4, 0.5) is 13.2 Å². The molecule has 0 aromatic heterocycles. The summed E-state index contributed by atoms with van der Waals surface area (Å²) in [5.41, 5.74) is 0.977. The van der Waals surface area contributed by atoms with Crippen molar-refractivity contribution >= 4 is 10.1 Å². The quantitative estimate of drug-likeness (QED) is 0.636. The van der Waals surface area contributed by atoms with E-state index in [1.807, 2.05) is 0 Å². The summed E-state index contributed by atoms with van der Waals surface area (Å²) in [6.45, 7) is 6.56. The Morgan fingerprint density at radius 3 is 2.18 bits per heavy atom. The van der Waals surface area contributed by atoms with Gasteiger partial charge in [0.15, 0.2) is 0 Å². The zero-order chi connectivity index (χ0) is 17.1. The number of hydrogen-bond donors (Lipinski definition) is 1. The van der Waals surface area contributed by atoms with E-state index in [-0.39, 0.29) is 5.75 Å². The minimum atomic E-state index is -4.95. The van der Waals surface area contributed by atoms with Crippen LogP contribution < -0.4 is 9.47 Å². The van der Waals surface area contributed by atoms with Crippen molar-refractivity contribution in [3.05, 3.63) is 36.1 Å². The Labute approximate surface area is 126 Å². The Bertz CT molecular complexity index is 629. The van der Waals surface area contributed by atoms with Crippen molar-refractivity contribution in [2.45, 2.75) is 26.1 Å². The smallest absolute Gasteiger partial charge is 0.426 e. The van der Waals surface area contributed by atoms with Crippen molar-refractivity contribution in [2.24, 2.45) is 0 Å². The molecule has 1 aromatic carbocycles. The van der Waals surface area contributed by atoms with Crippen LogP contribution in [0.3, 0.4) is 0 Å². The highest BCUT2D eigenvalue weighted by molar-refractivity contribution is 7.85. The van der Waals surface area contributed by atoms with Gasteiger partial charge in [0, 0.05) is 0 Å². The first-order valence-electron chi connectivity index (χ1n) is 6.01. The first kappa shape index (κ1) is 18.3. The molecular formula is C13H15F3O5S. The minimum absolute atomic E-state index is 0.183. The fraction of sp³-hybridized carbons (Fsp3) is 0.385. The Morgan fingerprint density at radius 2 is 1.82 bits per heavy atom. The Kier molecular flexibility index (Phi) is 5.47. The van der Waals surface area contributed by atoms with Crippen LogP contribution in [0, 0.1) is 13.8 Å². The number of halogens is 3. The zero-order valence-electron chi connectivity index (χ0n) is 11.8. The number of rotatable bonds is 6. The predicted molar refractivity (Wildman–Crippen MR) is 73.6 cm³/mol. The molecule has 124 valence electrons. The summed E-state index contributed by atoms with van der Waals surface area (Å²) in [7, 11) is -4.85. The summed E-state index contributed by atoms with van der Waals surface area (Å²) in [5, 5.41) is 0. The highest BCUT2D eigenvalue weighted by Gasteiger charge is 2.44. The first-order chi connectivity index (χ1) is 9.94. The molecule has 0 amide bonds. The summed E-state index contributed by atoms with van der Waals surface area (Å²) in [6, 6.07) is 2.54. The lowest BCUT2D eigenvalue weighted by Gasteiger charge is -2.21. The maximum absolute atomic E-state index is 12.8. The molecule has 0 fully saturated rings. The van der Waals surface area contributed by atoms with Gasteiger partial charge >= 0.3 is 6.18 Å². The summed E-state index contributed by atoms with van der Waals surface area (Å²) in [6.07, 6.45) is -6.45. The van der Waals surface area contributed by atoms with E-state index >= 15 is 0 Å². The van der Waals surface area contributed by atoms with E-state index in [9.17, 15) is 21.6 Å². The molecular weight excluding hydrogens is 325 g/mol. The molecule has 1 rings (SSSR count). The van der Waals surface area contributed by atoms with Crippen LogP contribution in [0.25, 0.3) is 0 Å². The van der Waals surface area contributed by atoms with E-state index < -0.39 is 28.2 Å². The van der Waals surface area contributed by atoms with Crippen LogP contribution in [0.2, 0.25) is 0 Å². The van der Waals surface area contributed by atoms with Crippen molar-refractivity contribution in [1.29, 1.82) is 0 Å². The maximum Gasteiger partial charge on any atom is 0.426 e. The van der Waals surface area contributed by atoms with Crippen molar-refractivity contribution < 1.29 is 35.6 Å². The lowest BCUT2D eigenvalue weighted by atomic mass is 10.1. The lowest BCUT2D eigenvalue weighted by Crippen LogP contribution is -2.40. The van der Waals surface area contributed by atoms with Crippen molar-refractivity contribution in [2.75, 3.05) is 5.75 Å². The van der Waals surface area contributed by atoms with E-state index in [2.05, 4.69) is 6.58 Å². The SMILES string of the molecule is C=COc1c(C)cc(OC(CS(=O)(=O)O)C(F)(F)F)cc1C. The summed E-state index contributed by atoms with van der Waals surface area (Å²) in [5.74, 6) is -1.35. The molecule has 22 heavy (non-hydrogen) atoms. The third kappa shape index (κ3) is 5.23. The van der Waals surface area contributed by atoms with Gasteiger partial charge in [-0.15, -0.1) is 0 Å². The van der Waals surface area contributed by atoms with Crippen LogP contribution in [-0.4, -0.2) is 31.0 Å². The van der Waals surface area contributed by atoms with Gasteiger partial charge in [0.05, 0.1) is 6.26 Å². The highest BCUT2D eigenvalue weighted by Crippen LogP contribution is 2.32. The van der Waals surface area contributed by atoms with Crippen LogP contribution in [0.5, 0.6) is 11.5 Å². The van der Waals surface area contributed by atoms with Crippen LogP contribution >= 0.6 is 0 Å². The van der Waals surface area contributed by atoms with Gasteiger partial charge in [-0.2, -0.15) is 21.6 Å². The van der Waals surface area contributed by atoms with Crippen LogP contribution in [0.15, 0.2) is 25.0 Å². The number of hydrogen-bond acceptors (Lipinski definition) is 4. The molecule has 0 aliphatic carbocycles. The van der Waals surface area contributed by atoms with Gasteiger partial charge in [-0.25, -0.2) is 0 Å². The standard InChI is InChI=1S/C13H15F3O5S/c1-4-20-12-8(2)5-10(6-9(12)3)21-11(13(14,15)16)7-22(17,18)19/h4-6,11H,1,7H2,2-3H3,(H,17,18,19). The van der Waals surface area contributed by atoms with Gasteiger partial charge in [-0.3, -0.25) is 4.55 Å². The second-order valence-electron chi connectivity index (χ2n) is 4.57. The molecule has 9 heteroatoms. The molecule has 0 saturated carbocycles. The molecule has 0 saturated heterocycles. The van der Waals surface area contributed by atoms with Crippen molar-refractivity contribution in [3.63, 3.8) is 0 Å². The average molecular weight is 340 g/mol. The zero-order valence-corrected chi connectivity index (χ0v) is 12.7. The molecule has 0 heterocycles. The van der Waals surface area contributed by atoms with Crippen LogP contribution in [-0.2, 0) is 10.1 Å². The Hall–Kier alpha value is -1.74. The number of alkyl halides is 3. The summed E-state index contributed by atoms with van der Waals surface area (Å²) < 4.78 is 78.2. The van der Waals surface area contributed by atoms with Gasteiger partial charge < -0.3 is 9.47 Å². The van der Waals surface area contributed by atoms with E-state index in [4.69, 9.17) is 14.0 Å². The molecule has 0 bridgehead atoms. The summed E-state index contributed by atoms with van der Waals surface area (Å²) in [4.78, 5) is 0. The molecule has 1 aromatic rings. The second kappa shape index (κ2) is 6.57. The van der Waals surface area contributed by atoms with Crippen LogP contribution in [0.1, 0.15) is 11.1 Å². The monoisotopic (exact) mass is 340 g/mol. The maximum atomic E-state index is 12.8. The summed E-state index contributed by atoms with van der Waals surface area (Å²) >= 11 is 0. The van der Waals surface area contributed by atoms with E-state index in [0.29, 0.717) is 16.9 Å². The van der Waals surface area contributed by atoms with Gasteiger partial charge in [0.25, 0.3) is 10.1 Å². The fourth-order valence-electron chi connectivity index (χ4n) is 1.80. The van der Waals surface area contributed by atoms with E-state index in [1.54, 1.807) is 13.8 Å². The second-order valence-corrected chi connectivity index (χ2v) is 6.06. The van der Waals surface area contributed by atoms with Gasteiger partial charge in [0.2, 0.25) is 6.10 Å². The first-order valence-corrected chi connectivity index (χ1v) is 7.62. The normalized spacial score (nSPS) is 13.5. The largest absolute Gasteiger partial charge is 0.480 e. The van der Waals surface area contributed by atoms with Crippen molar-refractivity contribution in [3.8, 4) is 11.5 Å². The minimum Gasteiger partial charge on any atom is -0.480 e. The van der Waals surface area contributed by atoms with E-state index in [0.717, 1.165) is 0 Å². The third-order valence-corrected chi connectivity index (χ3v) is 3.36.